The lowest BCUT2D eigenvalue weighted by Gasteiger charge is -2.02. The van der Waals surface area contributed by atoms with Gasteiger partial charge in [0.05, 0.1) is 27.1 Å². The van der Waals surface area contributed by atoms with E-state index < -0.39 is 4.92 Å². The van der Waals surface area contributed by atoms with Gasteiger partial charge in [0.15, 0.2) is 16.7 Å². The molecule has 1 N–H and O–H groups in total. The van der Waals surface area contributed by atoms with Gasteiger partial charge in [-0.3, -0.25) is 14.9 Å². The van der Waals surface area contributed by atoms with Crippen molar-refractivity contribution in [1.82, 2.24) is 5.32 Å². The Bertz CT molecular complexity index is 1080. The van der Waals surface area contributed by atoms with Gasteiger partial charge in [0.25, 0.3) is 11.6 Å². The van der Waals surface area contributed by atoms with E-state index in [2.05, 4.69) is 10.3 Å². The van der Waals surface area contributed by atoms with Crippen LogP contribution in [-0.4, -0.2) is 22.8 Å². The van der Waals surface area contributed by atoms with Crippen molar-refractivity contribution in [3.05, 3.63) is 62.0 Å². The van der Waals surface area contributed by atoms with Crippen LogP contribution < -0.4 is 14.8 Å². The molecule has 2 aliphatic heterocycles. The van der Waals surface area contributed by atoms with E-state index in [1.165, 1.54) is 18.2 Å². The topological polar surface area (TPSA) is 103 Å². The minimum atomic E-state index is -0.517. The Morgan fingerprint density at radius 2 is 1.96 bits per heavy atom. The highest BCUT2D eigenvalue weighted by molar-refractivity contribution is 8.18. The average Bonchev–Trinajstić information content (AvgIpc) is 3.23. The quantitative estimate of drug-likeness (QED) is 0.480. The first kappa shape index (κ1) is 18.1. The van der Waals surface area contributed by atoms with E-state index in [0.717, 1.165) is 28.6 Å². The summed E-state index contributed by atoms with van der Waals surface area (Å²) in [5, 5.41) is 14.5. The third kappa shape index (κ3) is 3.44. The molecule has 2 aliphatic rings. The molecule has 4 rings (SSSR count). The summed E-state index contributed by atoms with van der Waals surface area (Å²) in [6.07, 6.45) is 1.46. The second-order valence-electron chi connectivity index (χ2n) is 6.29. The summed E-state index contributed by atoms with van der Waals surface area (Å²) in [5.74, 6) is 0.361. The van der Waals surface area contributed by atoms with Gasteiger partial charge in [0.2, 0.25) is 6.79 Å². The molecular formula is C19H15N3O5S. The van der Waals surface area contributed by atoms with Crippen molar-refractivity contribution in [1.29, 1.82) is 0 Å². The first-order valence-electron chi connectivity index (χ1n) is 8.35. The smallest absolute Gasteiger partial charge is 0.280 e. The number of carbonyl (C=O) groups is 1. The number of carbonyl (C=O) groups excluding carboxylic acids is 1. The summed E-state index contributed by atoms with van der Waals surface area (Å²) in [6.45, 7) is 3.95. The second kappa shape index (κ2) is 7.01. The number of nitrogens with zero attached hydrogens (tertiary/aromatic N) is 2. The minimum absolute atomic E-state index is 0.00839. The molecule has 0 aliphatic carbocycles. The van der Waals surface area contributed by atoms with Gasteiger partial charge in [-0.05, 0) is 49.4 Å². The van der Waals surface area contributed by atoms with E-state index in [1.54, 1.807) is 0 Å². The predicted octanol–water partition coefficient (Wildman–Crippen LogP) is 3.83. The summed E-state index contributed by atoms with van der Waals surface area (Å²) >= 11 is 1.13. The number of ether oxygens (including phenoxy) is 2. The Morgan fingerprint density at radius 3 is 2.68 bits per heavy atom. The van der Waals surface area contributed by atoms with Crippen molar-refractivity contribution in [3.8, 4) is 11.5 Å². The number of hydrogen-bond acceptors (Lipinski definition) is 7. The number of amidine groups is 1. The first-order valence-corrected chi connectivity index (χ1v) is 9.17. The SMILES string of the molecule is Cc1ccc(N=C2NC(=O)/C(=C/c3cc4c(cc3[N+](=O)[O-])OCO4)S2)c(C)c1. The molecule has 0 unspecified atom stereocenters. The first-order chi connectivity index (χ1) is 13.4. The molecule has 0 saturated carbocycles. The van der Waals surface area contributed by atoms with Gasteiger partial charge in [0.1, 0.15) is 0 Å². The van der Waals surface area contributed by atoms with Crippen LogP contribution in [0, 0.1) is 24.0 Å². The summed E-state index contributed by atoms with van der Waals surface area (Å²) in [4.78, 5) is 28.0. The Morgan fingerprint density at radius 1 is 1.21 bits per heavy atom. The van der Waals surface area contributed by atoms with Gasteiger partial charge < -0.3 is 14.8 Å². The Hall–Kier alpha value is -3.33. The van der Waals surface area contributed by atoms with Crippen LogP contribution in [0.25, 0.3) is 6.08 Å². The molecule has 1 amide bonds. The maximum Gasteiger partial charge on any atom is 0.280 e. The standard InChI is InChI=1S/C19H15N3O5S/c1-10-3-4-13(11(2)5-10)20-19-21-18(23)17(28-19)7-12-6-15-16(27-9-26-15)8-14(12)22(24)25/h3-8H,9H2,1-2H3,(H,20,21,23)/b17-7-. The highest BCUT2D eigenvalue weighted by Crippen LogP contribution is 2.40. The number of fused-ring (bicyclic) bond motifs is 1. The van der Waals surface area contributed by atoms with E-state index in [1.807, 2.05) is 32.0 Å². The second-order valence-corrected chi connectivity index (χ2v) is 7.32. The Kier molecular flexibility index (Phi) is 4.52. The van der Waals surface area contributed by atoms with Crippen LogP contribution in [0.15, 0.2) is 40.2 Å². The number of aliphatic imine (C=N–C) groups is 1. The number of aryl methyl sites for hydroxylation is 2. The normalized spacial score (nSPS) is 18.0. The van der Waals surface area contributed by atoms with Crippen LogP contribution >= 0.6 is 11.8 Å². The molecule has 2 aromatic carbocycles. The van der Waals surface area contributed by atoms with E-state index >= 15 is 0 Å². The monoisotopic (exact) mass is 397 g/mol. The Labute approximate surface area is 164 Å². The zero-order valence-corrected chi connectivity index (χ0v) is 15.8. The largest absolute Gasteiger partial charge is 0.454 e. The van der Waals surface area contributed by atoms with Crippen molar-refractivity contribution >= 4 is 40.3 Å². The number of hydrogen-bond donors (Lipinski definition) is 1. The number of rotatable bonds is 3. The van der Waals surface area contributed by atoms with Crippen LogP contribution in [0.3, 0.4) is 0 Å². The number of amides is 1. The van der Waals surface area contributed by atoms with E-state index in [-0.39, 0.29) is 24.0 Å². The van der Waals surface area contributed by atoms with Crippen LogP contribution in [0.2, 0.25) is 0 Å². The van der Waals surface area contributed by atoms with Gasteiger partial charge in [-0.15, -0.1) is 0 Å². The Balaban J connectivity index is 1.67. The van der Waals surface area contributed by atoms with Crippen LogP contribution in [0.4, 0.5) is 11.4 Å². The molecule has 8 nitrogen and oxygen atoms in total. The van der Waals surface area contributed by atoms with Gasteiger partial charge in [-0.1, -0.05) is 17.7 Å². The molecule has 0 spiro atoms. The number of nitro benzene ring substituents is 1. The van der Waals surface area contributed by atoms with Gasteiger partial charge in [-0.2, -0.15) is 0 Å². The molecule has 0 aromatic heterocycles. The summed E-state index contributed by atoms with van der Waals surface area (Å²) < 4.78 is 10.5. The highest BCUT2D eigenvalue weighted by Gasteiger charge is 2.27. The van der Waals surface area contributed by atoms with Crippen molar-refractivity contribution in [2.24, 2.45) is 4.99 Å². The van der Waals surface area contributed by atoms with E-state index in [9.17, 15) is 14.9 Å². The molecule has 0 bridgehead atoms. The van der Waals surface area contributed by atoms with Crippen molar-refractivity contribution in [2.75, 3.05) is 6.79 Å². The van der Waals surface area contributed by atoms with E-state index in [4.69, 9.17) is 9.47 Å². The molecule has 28 heavy (non-hydrogen) atoms. The summed E-state index contributed by atoms with van der Waals surface area (Å²) in [7, 11) is 0. The molecule has 2 aromatic rings. The fourth-order valence-corrected chi connectivity index (χ4v) is 3.71. The van der Waals surface area contributed by atoms with Crippen molar-refractivity contribution in [3.63, 3.8) is 0 Å². The number of nitro groups is 1. The van der Waals surface area contributed by atoms with Crippen LogP contribution in [0.1, 0.15) is 16.7 Å². The van der Waals surface area contributed by atoms with Gasteiger partial charge in [-0.25, -0.2) is 4.99 Å². The maximum absolute atomic E-state index is 12.3. The minimum Gasteiger partial charge on any atom is -0.454 e. The maximum atomic E-state index is 12.3. The zero-order chi connectivity index (χ0) is 19.8. The summed E-state index contributed by atoms with van der Waals surface area (Å²) in [5.41, 5.74) is 2.97. The lowest BCUT2D eigenvalue weighted by atomic mass is 10.1. The molecule has 1 fully saturated rings. The fraction of sp³-hybridized carbons (Fsp3) is 0.158. The predicted molar refractivity (Wildman–Crippen MR) is 106 cm³/mol. The molecular weight excluding hydrogens is 382 g/mol. The van der Waals surface area contributed by atoms with Gasteiger partial charge >= 0.3 is 0 Å². The number of benzene rings is 2. The van der Waals surface area contributed by atoms with E-state index in [0.29, 0.717) is 21.6 Å². The zero-order valence-electron chi connectivity index (χ0n) is 15.0. The number of thioether (sulfide) groups is 1. The average molecular weight is 397 g/mol. The molecule has 1 saturated heterocycles. The third-order valence-corrected chi connectivity index (χ3v) is 5.14. The van der Waals surface area contributed by atoms with Crippen molar-refractivity contribution < 1.29 is 19.2 Å². The van der Waals surface area contributed by atoms with Crippen molar-refractivity contribution in [2.45, 2.75) is 13.8 Å². The molecule has 0 radical (unpaired) electrons. The van der Waals surface area contributed by atoms with Crippen LogP contribution in [-0.2, 0) is 4.79 Å². The lowest BCUT2D eigenvalue weighted by Crippen LogP contribution is -2.19. The molecule has 9 heteroatoms. The molecule has 0 atom stereocenters. The lowest BCUT2D eigenvalue weighted by molar-refractivity contribution is -0.385. The fourth-order valence-electron chi connectivity index (χ4n) is 2.88. The van der Waals surface area contributed by atoms with Gasteiger partial charge in [0, 0.05) is 0 Å². The number of nitrogens with one attached hydrogen (secondary N) is 1. The third-order valence-electron chi connectivity index (χ3n) is 4.23. The summed E-state index contributed by atoms with van der Waals surface area (Å²) in [6, 6.07) is 8.64. The molecule has 142 valence electrons. The van der Waals surface area contributed by atoms with Crippen LogP contribution in [0.5, 0.6) is 11.5 Å². The molecule has 2 heterocycles. The highest BCUT2D eigenvalue weighted by atomic mass is 32.2.